The maximum absolute atomic E-state index is 6.23. The molecule has 0 fully saturated rings. The molecule has 0 spiro atoms. The fraction of sp³-hybridized carbons (Fsp3) is 0.583. The van der Waals surface area contributed by atoms with Crippen LogP contribution in [-0.2, 0) is 0 Å². The number of aromatic nitrogens is 1. The van der Waals surface area contributed by atoms with Crippen LogP contribution >= 0.6 is 27.5 Å². The number of nitrogens with zero attached hydrogens (tertiary/aromatic N) is 3. The fourth-order valence-corrected chi connectivity index (χ4v) is 2.30. The molecule has 17 heavy (non-hydrogen) atoms. The first kappa shape index (κ1) is 14.7. The SMILES string of the molecule is CCCN(CCN(C)C)c1ncc(Br)cc1Cl. The Bertz CT molecular complexity index is 358. The first-order chi connectivity index (χ1) is 8.04. The first-order valence-electron chi connectivity index (χ1n) is 5.75. The summed E-state index contributed by atoms with van der Waals surface area (Å²) in [4.78, 5) is 8.80. The van der Waals surface area contributed by atoms with E-state index in [9.17, 15) is 0 Å². The maximum atomic E-state index is 6.23. The summed E-state index contributed by atoms with van der Waals surface area (Å²) < 4.78 is 0.912. The van der Waals surface area contributed by atoms with E-state index in [1.807, 2.05) is 6.07 Å². The predicted molar refractivity (Wildman–Crippen MR) is 78.0 cm³/mol. The van der Waals surface area contributed by atoms with Crippen LogP contribution in [0.25, 0.3) is 0 Å². The van der Waals surface area contributed by atoms with Crippen LogP contribution in [0.5, 0.6) is 0 Å². The van der Waals surface area contributed by atoms with Gasteiger partial charge >= 0.3 is 0 Å². The van der Waals surface area contributed by atoms with Crippen LogP contribution in [0.1, 0.15) is 13.3 Å². The Morgan fingerprint density at radius 3 is 2.53 bits per heavy atom. The second kappa shape index (κ2) is 7.19. The lowest BCUT2D eigenvalue weighted by Gasteiger charge is -2.25. The minimum Gasteiger partial charge on any atom is -0.354 e. The lowest BCUT2D eigenvalue weighted by molar-refractivity contribution is 0.412. The number of pyridine rings is 1. The molecule has 5 heteroatoms. The molecule has 0 amide bonds. The molecule has 0 saturated heterocycles. The molecular formula is C12H19BrClN3. The van der Waals surface area contributed by atoms with Crippen LogP contribution in [0.2, 0.25) is 5.02 Å². The van der Waals surface area contributed by atoms with E-state index < -0.39 is 0 Å². The third kappa shape index (κ3) is 4.82. The van der Waals surface area contributed by atoms with Crippen LogP contribution in [0.3, 0.4) is 0 Å². The highest BCUT2D eigenvalue weighted by Crippen LogP contribution is 2.26. The summed E-state index contributed by atoms with van der Waals surface area (Å²) in [5, 5.41) is 0.701. The van der Waals surface area contributed by atoms with Gasteiger partial charge in [-0.25, -0.2) is 4.98 Å². The molecule has 1 aromatic rings. The Balaban J connectivity index is 2.81. The smallest absolute Gasteiger partial charge is 0.147 e. The first-order valence-corrected chi connectivity index (χ1v) is 6.92. The molecule has 0 bridgehead atoms. The van der Waals surface area contributed by atoms with Gasteiger partial charge in [0.15, 0.2) is 0 Å². The van der Waals surface area contributed by atoms with Gasteiger partial charge in [0.05, 0.1) is 5.02 Å². The molecule has 96 valence electrons. The molecule has 0 atom stereocenters. The van der Waals surface area contributed by atoms with Crippen LogP contribution in [-0.4, -0.2) is 43.6 Å². The number of hydrogen-bond acceptors (Lipinski definition) is 3. The topological polar surface area (TPSA) is 19.4 Å². The van der Waals surface area contributed by atoms with Crippen molar-refractivity contribution in [1.82, 2.24) is 9.88 Å². The molecule has 3 nitrogen and oxygen atoms in total. The van der Waals surface area contributed by atoms with Gasteiger partial charge in [0.1, 0.15) is 5.82 Å². The van der Waals surface area contributed by atoms with Gasteiger partial charge in [0, 0.05) is 30.3 Å². The Labute approximate surface area is 117 Å². The second-order valence-corrected chi connectivity index (χ2v) is 5.57. The van der Waals surface area contributed by atoms with Gasteiger partial charge in [-0.2, -0.15) is 0 Å². The minimum absolute atomic E-state index is 0.701. The quantitative estimate of drug-likeness (QED) is 0.802. The standard InChI is InChI=1S/C12H19BrClN3/c1-4-5-17(7-6-16(2)3)12-11(14)8-10(13)9-15-12/h8-9H,4-7H2,1-3H3. The maximum Gasteiger partial charge on any atom is 0.147 e. The fourth-order valence-electron chi connectivity index (χ4n) is 1.55. The number of hydrogen-bond donors (Lipinski definition) is 0. The summed E-state index contributed by atoms with van der Waals surface area (Å²) >= 11 is 9.60. The van der Waals surface area contributed by atoms with E-state index in [1.54, 1.807) is 6.20 Å². The molecule has 0 saturated carbocycles. The van der Waals surface area contributed by atoms with Gasteiger partial charge in [0.2, 0.25) is 0 Å². The summed E-state index contributed by atoms with van der Waals surface area (Å²) in [6.45, 7) is 5.07. The molecule has 0 aliphatic heterocycles. The average molecular weight is 321 g/mol. The van der Waals surface area contributed by atoms with Crippen molar-refractivity contribution in [3.05, 3.63) is 21.8 Å². The van der Waals surface area contributed by atoms with E-state index in [2.05, 4.69) is 51.7 Å². The van der Waals surface area contributed by atoms with E-state index in [4.69, 9.17) is 11.6 Å². The van der Waals surface area contributed by atoms with E-state index in [-0.39, 0.29) is 0 Å². The third-order valence-electron chi connectivity index (χ3n) is 2.40. The third-order valence-corrected chi connectivity index (χ3v) is 3.11. The molecule has 0 N–H and O–H groups in total. The van der Waals surface area contributed by atoms with Gasteiger partial charge in [0.25, 0.3) is 0 Å². The molecule has 1 heterocycles. The Kier molecular flexibility index (Phi) is 6.23. The number of halogens is 2. The summed E-state index contributed by atoms with van der Waals surface area (Å²) in [6.07, 6.45) is 2.88. The van der Waals surface area contributed by atoms with Crippen LogP contribution in [0.15, 0.2) is 16.7 Å². The Morgan fingerprint density at radius 2 is 2.00 bits per heavy atom. The van der Waals surface area contributed by atoms with E-state index in [0.717, 1.165) is 36.3 Å². The van der Waals surface area contributed by atoms with Crippen LogP contribution in [0.4, 0.5) is 5.82 Å². The normalized spacial score (nSPS) is 10.9. The highest BCUT2D eigenvalue weighted by atomic mass is 79.9. The second-order valence-electron chi connectivity index (χ2n) is 4.25. The van der Waals surface area contributed by atoms with Crippen molar-refractivity contribution >= 4 is 33.3 Å². The van der Waals surface area contributed by atoms with Gasteiger partial charge in [-0.15, -0.1) is 0 Å². The zero-order valence-corrected chi connectivity index (χ0v) is 12.9. The summed E-state index contributed by atoms with van der Waals surface area (Å²) in [6, 6.07) is 1.89. The molecule has 0 unspecified atom stereocenters. The van der Waals surface area contributed by atoms with Gasteiger partial charge < -0.3 is 9.80 Å². The lowest BCUT2D eigenvalue weighted by Crippen LogP contribution is -2.33. The molecular weight excluding hydrogens is 302 g/mol. The number of likely N-dealkylation sites (N-methyl/N-ethyl adjacent to an activating group) is 1. The molecule has 0 aliphatic carbocycles. The zero-order valence-electron chi connectivity index (χ0n) is 10.6. The molecule has 0 radical (unpaired) electrons. The molecule has 0 aliphatic rings. The van der Waals surface area contributed by atoms with E-state index >= 15 is 0 Å². The van der Waals surface area contributed by atoms with Crippen molar-refractivity contribution in [2.75, 3.05) is 38.6 Å². The molecule has 1 aromatic heterocycles. The zero-order chi connectivity index (χ0) is 12.8. The van der Waals surface area contributed by atoms with Crippen molar-refractivity contribution < 1.29 is 0 Å². The van der Waals surface area contributed by atoms with Gasteiger partial charge in [-0.3, -0.25) is 0 Å². The minimum atomic E-state index is 0.701. The number of rotatable bonds is 6. The monoisotopic (exact) mass is 319 g/mol. The summed E-state index contributed by atoms with van der Waals surface area (Å²) in [7, 11) is 4.14. The van der Waals surface area contributed by atoms with Gasteiger partial charge in [-0.1, -0.05) is 18.5 Å². The lowest BCUT2D eigenvalue weighted by atomic mass is 10.3. The van der Waals surface area contributed by atoms with E-state index in [1.165, 1.54) is 0 Å². The molecule has 0 aromatic carbocycles. The Hall–Kier alpha value is -0.320. The van der Waals surface area contributed by atoms with Crippen molar-refractivity contribution in [2.24, 2.45) is 0 Å². The average Bonchev–Trinajstić information content (AvgIpc) is 2.24. The predicted octanol–water partition coefficient (Wildman–Crippen LogP) is 3.28. The Morgan fingerprint density at radius 1 is 1.29 bits per heavy atom. The van der Waals surface area contributed by atoms with Crippen LogP contribution < -0.4 is 4.90 Å². The highest BCUT2D eigenvalue weighted by molar-refractivity contribution is 9.10. The van der Waals surface area contributed by atoms with Crippen molar-refractivity contribution in [3.63, 3.8) is 0 Å². The molecule has 1 rings (SSSR count). The van der Waals surface area contributed by atoms with Gasteiger partial charge in [-0.05, 0) is 42.5 Å². The van der Waals surface area contributed by atoms with Crippen molar-refractivity contribution in [1.29, 1.82) is 0 Å². The van der Waals surface area contributed by atoms with Crippen molar-refractivity contribution in [2.45, 2.75) is 13.3 Å². The largest absolute Gasteiger partial charge is 0.354 e. The summed E-state index contributed by atoms with van der Waals surface area (Å²) in [5.74, 6) is 0.874. The van der Waals surface area contributed by atoms with E-state index in [0.29, 0.717) is 5.02 Å². The highest BCUT2D eigenvalue weighted by Gasteiger charge is 2.11. The van der Waals surface area contributed by atoms with Crippen LogP contribution in [0, 0.1) is 0 Å². The number of anilines is 1. The summed E-state index contributed by atoms with van der Waals surface area (Å²) in [5.41, 5.74) is 0. The van der Waals surface area contributed by atoms with Crippen molar-refractivity contribution in [3.8, 4) is 0 Å².